The number of thiophene rings is 8. The molecule has 0 saturated heterocycles. The molecule has 29 rings (SSSR count). The third-order valence-corrected chi connectivity index (χ3v) is 34.5. The topological polar surface area (TPSA) is 84.2 Å². The van der Waals surface area contributed by atoms with Gasteiger partial charge in [0.05, 0.1) is 22.8 Å². The molecular formula is C116H73N9S8. The van der Waals surface area contributed by atoms with Crippen LogP contribution in [0.15, 0.2) is 388 Å². The highest BCUT2D eigenvalue weighted by molar-refractivity contribution is 7.31. The van der Waals surface area contributed by atoms with Gasteiger partial charge in [-0.05, 0) is 98.1 Å². The van der Waals surface area contributed by atoms with Crippen molar-refractivity contribution in [2.75, 3.05) is 0 Å². The Morgan fingerprint density at radius 3 is 0.729 bits per heavy atom. The molecule has 0 aliphatic rings. The van der Waals surface area contributed by atoms with Gasteiger partial charge in [0.1, 0.15) is 38.6 Å². The van der Waals surface area contributed by atoms with Gasteiger partial charge in [-0.1, -0.05) is 333 Å². The summed E-state index contributed by atoms with van der Waals surface area (Å²) in [5, 5.41) is 21.3. The van der Waals surface area contributed by atoms with Gasteiger partial charge in [-0.15, -0.1) is 90.7 Å². The Kier molecular flexibility index (Phi) is 19.3. The summed E-state index contributed by atoms with van der Waals surface area (Å²) in [6, 6.07) is 137. The van der Waals surface area contributed by atoms with Gasteiger partial charge in [0.2, 0.25) is 11.9 Å². The summed E-state index contributed by atoms with van der Waals surface area (Å²) in [4.78, 5) is 35.5. The Labute approximate surface area is 794 Å². The minimum absolute atomic E-state index is 0.644. The normalized spacial score (nSPS) is 11.9. The van der Waals surface area contributed by atoms with Crippen molar-refractivity contribution in [3.05, 3.63) is 405 Å². The van der Waals surface area contributed by atoms with Crippen molar-refractivity contribution in [1.29, 1.82) is 0 Å². The van der Waals surface area contributed by atoms with E-state index in [1.807, 2.05) is 141 Å². The Bertz CT molecular complexity index is 8860. The second kappa shape index (κ2) is 32.4. The molecular weight excluding hydrogens is 1780 g/mol. The molecule has 14 aromatic heterocycles. The summed E-state index contributed by atoms with van der Waals surface area (Å²) in [5.41, 5.74) is 15.0. The number of para-hydroxylation sites is 1. The van der Waals surface area contributed by atoms with Gasteiger partial charge < -0.3 is 0 Å². The molecule has 9 nitrogen and oxygen atoms in total. The van der Waals surface area contributed by atoms with Crippen LogP contribution in [0.1, 0.15) is 16.7 Å². The SMILES string of the molecule is Cc1cc(C)c(-n2c3sc4ccccc4c3c3c4ccccc4sc32)c(C)c1.c1ccc(-c2cc(-c3ccccc3)nc(-n3c4sc5ccccc5c4c4c5ccccc5sc43)n2)cc1.c1ccc(-c2ccccc2-n2c3sc4ccccc4c3c3c4ccccc4sc32)cc1.c1ccc(-c2nc(-c3ccccc3)nc(-n3c4sc5ccccc5c4c4c5ccccc5sc43)n2)cc1. The molecule has 17 heteroatoms. The van der Waals surface area contributed by atoms with Crippen LogP contribution in [0.2, 0.25) is 0 Å². The molecule has 0 spiro atoms. The van der Waals surface area contributed by atoms with Crippen LogP contribution in [-0.4, -0.2) is 43.2 Å². The number of rotatable bonds is 9. The van der Waals surface area contributed by atoms with Crippen LogP contribution >= 0.6 is 90.7 Å². The first-order valence-electron chi connectivity index (χ1n) is 44.2. The Hall–Kier alpha value is -14.7. The number of nitrogens with zero attached hydrogens (tertiary/aromatic N) is 9. The highest BCUT2D eigenvalue weighted by atomic mass is 32.1. The fourth-order valence-corrected chi connectivity index (χ4v) is 29.6. The largest absolute Gasteiger partial charge is 0.291 e. The minimum atomic E-state index is 0.644. The lowest BCUT2D eigenvalue weighted by Gasteiger charge is -2.14. The molecule has 0 aliphatic carbocycles. The Morgan fingerprint density at radius 2 is 0.429 bits per heavy atom. The summed E-state index contributed by atoms with van der Waals surface area (Å²) in [6.45, 7) is 6.67. The molecule has 29 aromatic rings. The number of benzene rings is 15. The predicted octanol–water partition coefficient (Wildman–Crippen LogP) is 35.1. The number of hydrogen-bond donors (Lipinski definition) is 0. The number of fused-ring (bicyclic) bond motifs is 28. The van der Waals surface area contributed by atoms with Crippen molar-refractivity contribution in [2.24, 2.45) is 0 Å². The molecule has 133 heavy (non-hydrogen) atoms. The molecule has 0 N–H and O–H groups in total. The third kappa shape index (κ3) is 13.1. The van der Waals surface area contributed by atoms with E-state index in [9.17, 15) is 0 Å². The molecule has 15 aromatic carbocycles. The van der Waals surface area contributed by atoms with Crippen LogP contribution in [0.3, 0.4) is 0 Å². The first-order valence-corrected chi connectivity index (χ1v) is 50.7. The Morgan fingerprint density at radius 1 is 0.195 bits per heavy atom. The summed E-state index contributed by atoms with van der Waals surface area (Å²) < 4.78 is 20.1. The zero-order chi connectivity index (χ0) is 88.0. The monoisotopic (exact) mass is 1850 g/mol. The quantitative estimate of drug-likeness (QED) is 0.144. The van der Waals surface area contributed by atoms with E-state index >= 15 is 0 Å². The Balaban J connectivity index is 0.0000000933. The van der Waals surface area contributed by atoms with Crippen molar-refractivity contribution in [2.45, 2.75) is 20.8 Å². The molecule has 0 radical (unpaired) electrons. The highest BCUT2D eigenvalue weighted by Crippen LogP contribution is 2.54. The van der Waals surface area contributed by atoms with E-state index in [4.69, 9.17) is 24.9 Å². The summed E-state index contributed by atoms with van der Waals surface area (Å²) in [7, 11) is 0. The maximum atomic E-state index is 5.18. The van der Waals surface area contributed by atoms with Crippen LogP contribution < -0.4 is 0 Å². The maximum absolute atomic E-state index is 5.18. The zero-order valence-electron chi connectivity index (χ0n) is 71.7. The van der Waals surface area contributed by atoms with Gasteiger partial charge in [0, 0.05) is 152 Å². The standard InChI is InChI=1S/C32H19N3S2.C31H18N4S2.C28H17NS2.C25H19NS2/c1-3-11-20(12-4-1)24-19-25(21-13-5-2-6-14-21)34-32(33-24)35-30-28(22-15-7-9-17-26(22)36-30)29-23-16-8-10-18-27(23)37-31(29)35;1-3-11-19(12-4-1)27-32-28(20-13-5-2-6-14-20)34-31(33-27)35-29-25(21-15-7-9-17-23(21)36-29)26-22-16-8-10-18-24(22)37-30(26)35;1-2-10-18(11-3-1)19-12-4-7-15-22(19)29-27-25(20-13-5-8-16-23(20)30-27)26-21-14-6-9-17-24(21)31-28(26)29;1-14-12-15(2)23(16(3)13-14)26-24-21(17-8-4-6-10-19(17)27-24)22-18-9-5-7-11-20(18)28-25(22)26/h1-19H;1-18H;1-17H;4-13H,1-3H3. The van der Waals surface area contributed by atoms with E-state index in [2.05, 4.69) is 354 Å². The first kappa shape index (κ1) is 79.2. The summed E-state index contributed by atoms with van der Waals surface area (Å²) in [5.74, 6) is 2.69. The van der Waals surface area contributed by atoms with Crippen molar-refractivity contribution >= 4 is 253 Å². The van der Waals surface area contributed by atoms with Gasteiger partial charge in [-0.3, -0.25) is 18.3 Å². The van der Waals surface area contributed by atoms with E-state index in [1.54, 1.807) is 22.7 Å². The number of hydrogen-bond acceptors (Lipinski definition) is 13. The molecule has 630 valence electrons. The minimum Gasteiger partial charge on any atom is -0.291 e. The van der Waals surface area contributed by atoms with Crippen LogP contribution in [0.5, 0.6) is 0 Å². The molecule has 0 fully saturated rings. The fourth-order valence-electron chi connectivity index (χ4n) is 19.6. The molecule has 0 saturated carbocycles. The van der Waals surface area contributed by atoms with Crippen molar-refractivity contribution in [3.8, 4) is 79.7 Å². The maximum Gasteiger partial charge on any atom is 0.240 e. The van der Waals surface area contributed by atoms with E-state index in [0.717, 1.165) is 43.3 Å². The lowest BCUT2D eigenvalue weighted by Crippen LogP contribution is -2.05. The second-order valence-corrected chi connectivity index (χ2v) is 41.6. The van der Waals surface area contributed by atoms with Crippen LogP contribution in [0, 0.1) is 20.8 Å². The number of aryl methyl sites for hydroxylation is 3. The average molecular weight is 1850 g/mol. The summed E-state index contributed by atoms with van der Waals surface area (Å²) in [6.07, 6.45) is 0. The zero-order valence-corrected chi connectivity index (χ0v) is 78.3. The van der Waals surface area contributed by atoms with E-state index in [0.29, 0.717) is 23.5 Å². The van der Waals surface area contributed by atoms with Crippen molar-refractivity contribution in [3.63, 3.8) is 0 Å². The van der Waals surface area contributed by atoms with Crippen molar-refractivity contribution in [1.82, 2.24) is 43.2 Å². The van der Waals surface area contributed by atoms with Gasteiger partial charge in [0.25, 0.3) is 0 Å². The molecule has 0 bridgehead atoms. The molecule has 0 amide bonds. The third-order valence-electron chi connectivity index (χ3n) is 25.3. The highest BCUT2D eigenvalue weighted by Gasteiger charge is 2.30. The van der Waals surface area contributed by atoms with Crippen LogP contribution in [-0.2, 0) is 0 Å². The van der Waals surface area contributed by atoms with Gasteiger partial charge in [0.15, 0.2) is 11.6 Å². The lowest BCUT2D eigenvalue weighted by molar-refractivity contribution is 0.961. The van der Waals surface area contributed by atoms with Crippen LogP contribution in [0.4, 0.5) is 0 Å². The van der Waals surface area contributed by atoms with Gasteiger partial charge in [-0.25, -0.2) is 15.0 Å². The van der Waals surface area contributed by atoms with Crippen molar-refractivity contribution < 1.29 is 0 Å². The molecule has 0 atom stereocenters. The number of aromatic nitrogens is 9. The predicted molar refractivity (Wildman–Crippen MR) is 577 cm³/mol. The lowest BCUT2D eigenvalue weighted by atomic mass is 10.0. The van der Waals surface area contributed by atoms with E-state index in [1.165, 1.54) is 192 Å². The van der Waals surface area contributed by atoms with Gasteiger partial charge >= 0.3 is 0 Å². The summed E-state index contributed by atoms with van der Waals surface area (Å²) >= 11 is 14.8. The smallest absolute Gasteiger partial charge is 0.240 e. The van der Waals surface area contributed by atoms with Gasteiger partial charge in [-0.2, -0.15) is 9.97 Å². The van der Waals surface area contributed by atoms with Crippen LogP contribution in [0.25, 0.3) is 242 Å². The first-order chi connectivity index (χ1) is 65.7. The molecule has 0 aliphatic heterocycles. The molecule has 14 heterocycles. The van der Waals surface area contributed by atoms with E-state index < -0.39 is 0 Å². The van der Waals surface area contributed by atoms with E-state index in [-0.39, 0.29) is 0 Å². The molecule has 0 unspecified atom stereocenters. The average Bonchev–Trinajstić information content (AvgIpc) is 1.55. The second-order valence-electron chi connectivity index (χ2n) is 33.4. The fraction of sp³-hybridized carbons (Fsp3) is 0.0259.